The van der Waals surface area contributed by atoms with Crippen LogP contribution in [0.25, 0.3) is 17.7 Å². The topological polar surface area (TPSA) is 65.7 Å². The van der Waals surface area contributed by atoms with Crippen LogP contribution in [0.15, 0.2) is 107 Å². The molecule has 0 radical (unpaired) electrons. The molecule has 0 unspecified atom stereocenters. The normalized spacial score (nSPS) is 12.0. The summed E-state index contributed by atoms with van der Waals surface area (Å²) in [7, 11) is 0. The molecular formula is C26H20N2O2. The van der Waals surface area contributed by atoms with Crippen LogP contribution in [-0.4, -0.2) is 9.97 Å². The highest BCUT2D eigenvalue weighted by Crippen LogP contribution is 2.22. The van der Waals surface area contributed by atoms with E-state index in [1.54, 1.807) is 12.2 Å². The lowest BCUT2D eigenvalue weighted by molar-refractivity contribution is 1.00. The highest BCUT2D eigenvalue weighted by molar-refractivity contribution is 5.83. The predicted octanol–water partition coefficient (Wildman–Crippen LogP) is 2.80. The number of aromatic nitrogens is 2. The maximum Gasteiger partial charge on any atom is 0.272 e. The molecule has 1 aromatic heterocycles. The maximum atomic E-state index is 12.6. The van der Waals surface area contributed by atoms with E-state index in [1.165, 1.54) is 0 Å². The molecule has 0 bridgehead atoms. The zero-order chi connectivity index (χ0) is 20.8. The maximum absolute atomic E-state index is 12.6. The summed E-state index contributed by atoms with van der Waals surface area (Å²) in [5.74, 6) is 0. The lowest BCUT2D eigenvalue weighted by Gasteiger charge is -2.07. The average molecular weight is 392 g/mol. The van der Waals surface area contributed by atoms with Gasteiger partial charge in [-0.25, -0.2) is 0 Å². The van der Waals surface area contributed by atoms with Crippen molar-refractivity contribution in [3.05, 3.63) is 145 Å². The Balaban J connectivity index is 1.83. The lowest BCUT2D eigenvalue weighted by Crippen LogP contribution is -2.46. The Morgan fingerprint density at radius 3 is 1.63 bits per heavy atom. The SMILES string of the molecule is O=c1[nH]c(=Cc2ccccc2)c(=O)[nH]c1=CC=C(c1ccccc1)c1ccccc1. The molecule has 146 valence electrons. The first-order valence-electron chi connectivity index (χ1n) is 9.63. The molecule has 0 aliphatic rings. The van der Waals surface area contributed by atoms with Crippen LogP contribution in [0.2, 0.25) is 0 Å². The van der Waals surface area contributed by atoms with Crippen LogP contribution in [0, 0.1) is 0 Å². The van der Waals surface area contributed by atoms with Crippen LogP contribution >= 0.6 is 0 Å². The number of aromatic amines is 2. The standard InChI is InChI=1S/C26H20N2O2/c29-25-23(27-26(30)24(28-25)18-19-10-4-1-5-11-19)17-16-22(20-12-6-2-7-13-20)21-14-8-3-9-15-21/h1-18H,(H,27,30)(H,28,29). The molecule has 0 amide bonds. The molecule has 4 rings (SSSR count). The number of benzene rings is 3. The average Bonchev–Trinajstić information content (AvgIpc) is 2.79. The molecule has 4 nitrogen and oxygen atoms in total. The minimum atomic E-state index is -0.353. The summed E-state index contributed by atoms with van der Waals surface area (Å²) in [6.45, 7) is 0. The molecule has 1 heterocycles. The van der Waals surface area contributed by atoms with Crippen molar-refractivity contribution >= 4 is 17.7 Å². The highest BCUT2D eigenvalue weighted by atomic mass is 16.1. The second kappa shape index (κ2) is 8.88. The van der Waals surface area contributed by atoms with E-state index in [9.17, 15) is 9.59 Å². The number of H-pyrrole nitrogens is 2. The van der Waals surface area contributed by atoms with Gasteiger partial charge >= 0.3 is 0 Å². The molecule has 0 saturated heterocycles. The van der Waals surface area contributed by atoms with E-state index in [-0.39, 0.29) is 21.8 Å². The van der Waals surface area contributed by atoms with Crippen LogP contribution in [0.5, 0.6) is 0 Å². The monoisotopic (exact) mass is 392 g/mol. The molecule has 0 spiro atoms. The van der Waals surface area contributed by atoms with E-state index < -0.39 is 0 Å². The number of hydrogen-bond donors (Lipinski definition) is 2. The third-order valence-electron chi connectivity index (χ3n) is 4.68. The number of allylic oxidation sites excluding steroid dienone is 1. The molecule has 3 aromatic carbocycles. The van der Waals surface area contributed by atoms with E-state index in [2.05, 4.69) is 9.97 Å². The summed E-state index contributed by atoms with van der Waals surface area (Å²) in [6.07, 6.45) is 5.15. The van der Waals surface area contributed by atoms with E-state index in [0.717, 1.165) is 22.3 Å². The van der Waals surface area contributed by atoms with Crippen molar-refractivity contribution < 1.29 is 0 Å². The number of nitrogens with one attached hydrogen (secondary N) is 2. The summed E-state index contributed by atoms with van der Waals surface area (Å²) in [5, 5.41) is 0.424. The number of hydrogen-bond acceptors (Lipinski definition) is 2. The highest BCUT2D eigenvalue weighted by Gasteiger charge is 2.03. The Labute approximate surface area is 173 Å². The first-order chi connectivity index (χ1) is 14.7. The van der Waals surface area contributed by atoms with Gasteiger partial charge in [-0.1, -0.05) is 97.1 Å². The molecule has 0 fully saturated rings. The van der Waals surface area contributed by atoms with E-state index in [1.807, 2.05) is 97.1 Å². The lowest BCUT2D eigenvalue weighted by atomic mass is 9.97. The molecular weight excluding hydrogens is 372 g/mol. The fourth-order valence-electron chi connectivity index (χ4n) is 3.19. The number of rotatable bonds is 4. The summed E-state index contributed by atoms with van der Waals surface area (Å²) in [6, 6.07) is 29.2. The Bertz CT molecular complexity index is 1360. The first-order valence-corrected chi connectivity index (χ1v) is 9.63. The van der Waals surface area contributed by atoms with Gasteiger partial charge in [0.1, 0.15) is 10.7 Å². The smallest absolute Gasteiger partial charge is 0.272 e. The molecule has 4 heteroatoms. The molecule has 2 N–H and O–H groups in total. The fourth-order valence-corrected chi connectivity index (χ4v) is 3.19. The summed E-state index contributed by atoms with van der Waals surface area (Å²) in [5.41, 5.74) is 3.13. The van der Waals surface area contributed by atoms with Crippen LogP contribution in [-0.2, 0) is 0 Å². The molecule has 4 aromatic rings. The van der Waals surface area contributed by atoms with Gasteiger partial charge in [0.25, 0.3) is 11.1 Å². The molecule has 0 saturated carbocycles. The zero-order valence-electron chi connectivity index (χ0n) is 16.2. The van der Waals surface area contributed by atoms with Crippen LogP contribution < -0.4 is 21.8 Å². The second-order valence-corrected chi connectivity index (χ2v) is 6.77. The van der Waals surface area contributed by atoms with Gasteiger partial charge in [0.2, 0.25) is 0 Å². The largest absolute Gasteiger partial charge is 0.316 e. The molecule has 0 aliphatic carbocycles. The summed E-state index contributed by atoms with van der Waals surface area (Å²) >= 11 is 0. The van der Waals surface area contributed by atoms with Crippen molar-refractivity contribution in [2.75, 3.05) is 0 Å². The minimum Gasteiger partial charge on any atom is -0.316 e. The second-order valence-electron chi connectivity index (χ2n) is 6.77. The van der Waals surface area contributed by atoms with Crippen molar-refractivity contribution in [2.24, 2.45) is 0 Å². The third-order valence-corrected chi connectivity index (χ3v) is 4.68. The van der Waals surface area contributed by atoms with Gasteiger partial charge in [-0.3, -0.25) is 9.59 Å². The van der Waals surface area contributed by atoms with Gasteiger partial charge in [0, 0.05) is 0 Å². The molecule has 0 aliphatic heterocycles. The predicted molar refractivity (Wildman–Crippen MR) is 121 cm³/mol. The van der Waals surface area contributed by atoms with E-state index in [0.29, 0.717) is 0 Å². The third kappa shape index (κ3) is 4.45. The van der Waals surface area contributed by atoms with Crippen molar-refractivity contribution in [3.8, 4) is 0 Å². The van der Waals surface area contributed by atoms with Crippen LogP contribution in [0.1, 0.15) is 16.7 Å². The zero-order valence-corrected chi connectivity index (χ0v) is 16.2. The van der Waals surface area contributed by atoms with Gasteiger partial charge < -0.3 is 9.97 Å². The van der Waals surface area contributed by atoms with Gasteiger partial charge in [-0.2, -0.15) is 0 Å². The Hall–Kier alpha value is -4.18. The van der Waals surface area contributed by atoms with Gasteiger partial charge in [0.15, 0.2) is 0 Å². The fraction of sp³-hybridized carbons (Fsp3) is 0. The summed E-state index contributed by atoms with van der Waals surface area (Å²) in [4.78, 5) is 30.4. The van der Waals surface area contributed by atoms with Crippen molar-refractivity contribution in [3.63, 3.8) is 0 Å². The van der Waals surface area contributed by atoms with Crippen molar-refractivity contribution in [1.82, 2.24) is 9.97 Å². The Morgan fingerprint density at radius 2 is 1.07 bits per heavy atom. The molecule has 0 atom stereocenters. The van der Waals surface area contributed by atoms with Crippen LogP contribution in [0.3, 0.4) is 0 Å². The van der Waals surface area contributed by atoms with Gasteiger partial charge in [-0.15, -0.1) is 0 Å². The summed E-state index contributed by atoms with van der Waals surface area (Å²) < 4.78 is 0. The first kappa shape index (κ1) is 19.2. The Kier molecular flexibility index (Phi) is 5.67. The van der Waals surface area contributed by atoms with E-state index in [4.69, 9.17) is 0 Å². The van der Waals surface area contributed by atoms with Gasteiger partial charge in [-0.05, 0) is 34.4 Å². The van der Waals surface area contributed by atoms with Crippen molar-refractivity contribution in [1.29, 1.82) is 0 Å². The quantitative estimate of drug-likeness (QED) is 0.561. The van der Waals surface area contributed by atoms with E-state index >= 15 is 0 Å². The van der Waals surface area contributed by atoms with Gasteiger partial charge in [0.05, 0.1) is 0 Å². The minimum absolute atomic E-state index is 0.203. The van der Waals surface area contributed by atoms with Crippen LogP contribution in [0.4, 0.5) is 0 Å². The van der Waals surface area contributed by atoms with Crippen molar-refractivity contribution in [2.45, 2.75) is 0 Å². The Morgan fingerprint density at radius 1 is 0.600 bits per heavy atom. The molecule has 30 heavy (non-hydrogen) atoms.